The summed E-state index contributed by atoms with van der Waals surface area (Å²) in [5.74, 6) is 0.0141. The zero-order chi connectivity index (χ0) is 17.9. The monoisotopic (exact) mass is 365 g/mol. The van der Waals surface area contributed by atoms with E-state index in [0.717, 1.165) is 17.5 Å². The van der Waals surface area contributed by atoms with Crippen molar-refractivity contribution < 1.29 is 4.79 Å². The van der Waals surface area contributed by atoms with E-state index in [1.165, 1.54) is 16.9 Å². The number of fused-ring (bicyclic) bond motifs is 1. The molecule has 0 atom stereocenters. The summed E-state index contributed by atoms with van der Waals surface area (Å²) in [5.41, 5.74) is 5.02. The van der Waals surface area contributed by atoms with E-state index in [2.05, 4.69) is 17.1 Å². The van der Waals surface area contributed by atoms with Crippen LogP contribution in [0.25, 0.3) is 0 Å². The molecule has 0 N–H and O–H groups in total. The van der Waals surface area contributed by atoms with Gasteiger partial charge in [0.25, 0.3) is 11.5 Å². The molecule has 0 bridgehead atoms. The summed E-state index contributed by atoms with van der Waals surface area (Å²) < 4.78 is 1.76. The average Bonchev–Trinajstić information content (AvgIpc) is 3.21. The van der Waals surface area contributed by atoms with Crippen LogP contribution in [0.1, 0.15) is 26.4 Å². The standard InChI is InChI=1S/C20H19N3O2S/c24-19-10-16-7-9-23(20(25)18-11-21-14-26-18)13-17(16)12-22(19)8-6-15-4-2-1-3-5-15/h1-5,10-12,14H,6-9,13H2. The number of thiazole rings is 1. The molecule has 0 radical (unpaired) electrons. The molecule has 6 heteroatoms. The molecular formula is C20H19N3O2S. The zero-order valence-corrected chi connectivity index (χ0v) is 15.1. The van der Waals surface area contributed by atoms with Crippen molar-refractivity contribution in [3.05, 3.63) is 86.2 Å². The predicted molar refractivity (Wildman–Crippen MR) is 101 cm³/mol. The Bertz CT molecular complexity index is 964. The van der Waals surface area contributed by atoms with E-state index < -0.39 is 0 Å². The lowest BCUT2D eigenvalue weighted by molar-refractivity contribution is 0.0739. The number of amides is 1. The van der Waals surface area contributed by atoms with Gasteiger partial charge in [-0.25, -0.2) is 0 Å². The summed E-state index contributed by atoms with van der Waals surface area (Å²) in [6.45, 7) is 1.81. The Morgan fingerprint density at radius 2 is 2.04 bits per heavy atom. The highest BCUT2D eigenvalue weighted by Crippen LogP contribution is 2.20. The molecule has 1 amide bonds. The van der Waals surface area contributed by atoms with Crippen LogP contribution in [0.4, 0.5) is 0 Å². The third kappa shape index (κ3) is 3.46. The molecule has 1 aliphatic rings. The lowest BCUT2D eigenvalue weighted by atomic mass is 10.0. The molecule has 3 heterocycles. The Hall–Kier alpha value is -2.73. The second kappa shape index (κ2) is 7.25. The Balaban J connectivity index is 1.52. The topological polar surface area (TPSA) is 55.2 Å². The molecule has 132 valence electrons. The first-order valence-corrected chi connectivity index (χ1v) is 9.52. The van der Waals surface area contributed by atoms with E-state index in [0.29, 0.717) is 30.9 Å². The SMILES string of the molecule is O=C(c1cncs1)N1CCc2cc(=O)n(CCc3ccccc3)cc2C1. The van der Waals surface area contributed by atoms with Crippen LogP contribution >= 0.6 is 11.3 Å². The summed E-state index contributed by atoms with van der Waals surface area (Å²) in [4.78, 5) is 31.4. The van der Waals surface area contributed by atoms with Gasteiger partial charge in [0.2, 0.25) is 0 Å². The van der Waals surface area contributed by atoms with Gasteiger partial charge in [-0.2, -0.15) is 0 Å². The van der Waals surface area contributed by atoms with Gasteiger partial charge in [0.05, 0.1) is 11.7 Å². The lowest BCUT2D eigenvalue weighted by Gasteiger charge is -2.28. The summed E-state index contributed by atoms with van der Waals surface area (Å²) in [7, 11) is 0. The van der Waals surface area contributed by atoms with Crippen molar-refractivity contribution in [2.75, 3.05) is 6.54 Å². The second-order valence-corrected chi connectivity index (χ2v) is 7.32. The van der Waals surface area contributed by atoms with E-state index in [9.17, 15) is 9.59 Å². The van der Waals surface area contributed by atoms with Crippen molar-refractivity contribution in [2.24, 2.45) is 0 Å². The van der Waals surface area contributed by atoms with Crippen LogP contribution in [0.2, 0.25) is 0 Å². The van der Waals surface area contributed by atoms with Crippen LogP contribution < -0.4 is 5.56 Å². The minimum atomic E-state index is 0.0141. The first-order valence-electron chi connectivity index (χ1n) is 8.64. The number of pyridine rings is 1. The number of rotatable bonds is 4. The van der Waals surface area contributed by atoms with E-state index in [1.807, 2.05) is 29.3 Å². The van der Waals surface area contributed by atoms with Crippen molar-refractivity contribution in [3.63, 3.8) is 0 Å². The van der Waals surface area contributed by atoms with Crippen LogP contribution in [0.3, 0.4) is 0 Å². The summed E-state index contributed by atoms with van der Waals surface area (Å²) in [6.07, 6.45) is 5.06. The van der Waals surface area contributed by atoms with Gasteiger partial charge in [-0.15, -0.1) is 11.3 Å². The molecule has 0 saturated heterocycles. The number of hydrogen-bond acceptors (Lipinski definition) is 4. The zero-order valence-electron chi connectivity index (χ0n) is 14.3. The van der Waals surface area contributed by atoms with Gasteiger partial charge >= 0.3 is 0 Å². The smallest absolute Gasteiger partial charge is 0.265 e. The fraction of sp³-hybridized carbons (Fsp3) is 0.250. The van der Waals surface area contributed by atoms with Gasteiger partial charge in [0.15, 0.2) is 0 Å². The minimum Gasteiger partial charge on any atom is -0.333 e. The van der Waals surface area contributed by atoms with Crippen molar-refractivity contribution in [3.8, 4) is 0 Å². The van der Waals surface area contributed by atoms with Gasteiger partial charge < -0.3 is 9.47 Å². The lowest BCUT2D eigenvalue weighted by Crippen LogP contribution is -2.37. The molecule has 3 aromatic rings. The number of benzene rings is 1. The molecule has 0 aliphatic carbocycles. The Kier molecular flexibility index (Phi) is 4.67. The molecule has 0 saturated carbocycles. The number of aromatic nitrogens is 2. The number of nitrogens with zero attached hydrogens (tertiary/aromatic N) is 3. The first-order chi connectivity index (χ1) is 12.7. The molecular weight excluding hydrogens is 346 g/mol. The molecule has 4 rings (SSSR count). The molecule has 1 aromatic carbocycles. The van der Waals surface area contributed by atoms with Gasteiger partial charge in [-0.05, 0) is 29.5 Å². The molecule has 0 spiro atoms. The van der Waals surface area contributed by atoms with E-state index in [4.69, 9.17) is 0 Å². The quantitative estimate of drug-likeness (QED) is 0.714. The first kappa shape index (κ1) is 16.7. The highest BCUT2D eigenvalue weighted by atomic mass is 32.1. The molecule has 26 heavy (non-hydrogen) atoms. The molecule has 0 fully saturated rings. The van der Waals surface area contributed by atoms with Crippen LogP contribution in [0.5, 0.6) is 0 Å². The summed E-state index contributed by atoms with van der Waals surface area (Å²) >= 11 is 1.36. The Morgan fingerprint density at radius 1 is 1.19 bits per heavy atom. The van der Waals surface area contributed by atoms with Crippen LogP contribution in [0, 0.1) is 0 Å². The maximum atomic E-state index is 12.6. The van der Waals surface area contributed by atoms with E-state index >= 15 is 0 Å². The molecule has 2 aromatic heterocycles. The minimum absolute atomic E-state index is 0.0141. The van der Waals surface area contributed by atoms with Crippen LogP contribution in [-0.4, -0.2) is 26.9 Å². The van der Waals surface area contributed by atoms with Crippen molar-refractivity contribution in [2.45, 2.75) is 25.9 Å². The van der Waals surface area contributed by atoms with E-state index in [1.54, 1.807) is 22.3 Å². The highest BCUT2D eigenvalue weighted by molar-refractivity contribution is 7.11. The predicted octanol–water partition coefficient (Wildman–Crippen LogP) is 2.75. The Labute approximate surface area is 155 Å². The fourth-order valence-electron chi connectivity index (χ4n) is 3.29. The highest BCUT2D eigenvalue weighted by Gasteiger charge is 2.23. The van der Waals surface area contributed by atoms with Crippen molar-refractivity contribution in [1.82, 2.24) is 14.5 Å². The fourth-order valence-corrected chi connectivity index (χ4v) is 3.88. The van der Waals surface area contributed by atoms with Crippen LogP contribution in [-0.2, 0) is 25.9 Å². The maximum absolute atomic E-state index is 12.6. The summed E-state index contributed by atoms with van der Waals surface area (Å²) in [5, 5.41) is 0. The normalized spacial score (nSPS) is 13.5. The van der Waals surface area contributed by atoms with Gasteiger partial charge in [-0.1, -0.05) is 30.3 Å². The van der Waals surface area contributed by atoms with Gasteiger partial charge in [0, 0.05) is 31.9 Å². The number of hydrogen-bond donors (Lipinski definition) is 0. The van der Waals surface area contributed by atoms with Crippen molar-refractivity contribution >= 4 is 17.2 Å². The molecule has 1 aliphatic heterocycles. The third-order valence-electron chi connectivity index (χ3n) is 4.73. The Morgan fingerprint density at radius 3 is 2.81 bits per heavy atom. The van der Waals surface area contributed by atoms with E-state index in [-0.39, 0.29) is 11.5 Å². The second-order valence-electron chi connectivity index (χ2n) is 6.43. The molecule has 0 unspecified atom stereocenters. The summed E-state index contributed by atoms with van der Waals surface area (Å²) in [6, 6.07) is 11.9. The largest absolute Gasteiger partial charge is 0.333 e. The van der Waals surface area contributed by atoms with Gasteiger partial charge in [0.1, 0.15) is 4.88 Å². The maximum Gasteiger partial charge on any atom is 0.265 e. The third-order valence-corrected chi connectivity index (χ3v) is 5.49. The number of carbonyl (C=O) groups excluding carboxylic acids is 1. The molecule has 5 nitrogen and oxygen atoms in total. The average molecular weight is 365 g/mol. The van der Waals surface area contributed by atoms with Crippen molar-refractivity contribution in [1.29, 1.82) is 0 Å². The van der Waals surface area contributed by atoms with Gasteiger partial charge in [-0.3, -0.25) is 14.6 Å². The number of carbonyl (C=O) groups is 1. The number of aryl methyl sites for hydroxylation is 2. The van der Waals surface area contributed by atoms with Crippen LogP contribution in [0.15, 0.2) is 59.1 Å².